The van der Waals surface area contributed by atoms with E-state index in [0.717, 1.165) is 42.7 Å². The molecule has 2 aliphatic rings. The second-order valence-electron chi connectivity index (χ2n) is 6.62. The Labute approximate surface area is 141 Å². The number of hydrogen-bond acceptors (Lipinski definition) is 3. The number of aryl methyl sites for hydroxylation is 1. The molecule has 1 saturated heterocycles. The maximum Gasteiger partial charge on any atom is 0.289 e. The number of para-hydroxylation sites is 1. The minimum atomic E-state index is -0.304. The fourth-order valence-electron chi connectivity index (χ4n) is 3.54. The van der Waals surface area contributed by atoms with Crippen LogP contribution in [0, 0.1) is 6.92 Å². The third-order valence-electron chi connectivity index (χ3n) is 4.98. The van der Waals surface area contributed by atoms with Crippen molar-refractivity contribution in [2.45, 2.75) is 31.8 Å². The molecule has 0 N–H and O–H groups in total. The van der Waals surface area contributed by atoms with E-state index in [2.05, 4.69) is 18.2 Å². The zero-order chi connectivity index (χ0) is 16.6. The van der Waals surface area contributed by atoms with E-state index in [1.165, 1.54) is 0 Å². The van der Waals surface area contributed by atoms with E-state index in [1.807, 2.05) is 36.1 Å². The summed E-state index contributed by atoms with van der Waals surface area (Å²) in [6.45, 7) is 3.31. The lowest BCUT2D eigenvalue weighted by molar-refractivity contribution is 0.0700. The second kappa shape index (κ2) is 5.86. The molecule has 2 aliphatic heterocycles. The monoisotopic (exact) mass is 323 g/mol. The highest BCUT2D eigenvalue weighted by molar-refractivity contribution is 5.92. The average Bonchev–Trinajstić information content (AvgIpc) is 2.92. The third kappa shape index (κ3) is 2.62. The number of nitrogens with zero attached hydrogens (tertiary/aromatic N) is 1. The maximum atomic E-state index is 12.7. The van der Waals surface area contributed by atoms with Gasteiger partial charge in [0.15, 0.2) is 5.76 Å². The normalized spacial score (nSPS) is 22.8. The van der Waals surface area contributed by atoms with Crippen molar-refractivity contribution in [2.24, 2.45) is 0 Å². The molecule has 124 valence electrons. The average molecular weight is 323 g/mol. The standard InChI is InChI=1S/C20H21NO3/c1-15-8-14-23-18(15)19(22)21-12-4-9-20(11-13-21)10-7-16-5-2-3-6-17(16)24-20/h2-3,5-8,10,14H,4,9,11-13H2,1H3. The van der Waals surface area contributed by atoms with Crippen LogP contribution in [0.1, 0.15) is 40.9 Å². The molecule has 0 aliphatic carbocycles. The molecule has 1 fully saturated rings. The van der Waals surface area contributed by atoms with Gasteiger partial charge < -0.3 is 14.1 Å². The Morgan fingerprint density at radius 3 is 2.88 bits per heavy atom. The van der Waals surface area contributed by atoms with Gasteiger partial charge in [0.1, 0.15) is 11.4 Å². The molecule has 3 heterocycles. The molecule has 4 heteroatoms. The number of rotatable bonds is 1. The summed E-state index contributed by atoms with van der Waals surface area (Å²) in [5.41, 5.74) is 1.70. The van der Waals surface area contributed by atoms with Crippen LogP contribution >= 0.6 is 0 Å². The van der Waals surface area contributed by atoms with E-state index in [1.54, 1.807) is 6.26 Å². The predicted molar refractivity (Wildman–Crippen MR) is 92.0 cm³/mol. The van der Waals surface area contributed by atoms with Crippen LogP contribution in [0.5, 0.6) is 5.75 Å². The summed E-state index contributed by atoms with van der Waals surface area (Å²) in [6, 6.07) is 9.92. The van der Waals surface area contributed by atoms with Gasteiger partial charge in [0, 0.05) is 30.6 Å². The van der Waals surface area contributed by atoms with Crippen molar-refractivity contribution in [3.63, 3.8) is 0 Å². The van der Waals surface area contributed by atoms with E-state index in [0.29, 0.717) is 12.3 Å². The molecule has 0 saturated carbocycles. The van der Waals surface area contributed by atoms with E-state index in [9.17, 15) is 4.79 Å². The van der Waals surface area contributed by atoms with Gasteiger partial charge in [-0.25, -0.2) is 0 Å². The number of likely N-dealkylation sites (tertiary alicyclic amines) is 1. The van der Waals surface area contributed by atoms with Crippen molar-refractivity contribution >= 4 is 12.0 Å². The number of hydrogen-bond donors (Lipinski definition) is 0. The largest absolute Gasteiger partial charge is 0.483 e. The number of fused-ring (bicyclic) bond motifs is 1. The number of ether oxygens (including phenoxy) is 1. The molecule has 24 heavy (non-hydrogen) atoms. The second-order valence-corrected chi connectivity index (χ2v) is 6.62. The summed E-state index contributed by atoms with van der Waals surface area (Å²) >= 11 is 0. The molecule has 0 bridgehead atoms. The lowest BCUT2D eigenvalue weighted by Crippen LogP contribution is -2.38. The first kappa shape index (κ1) is 15.1. The van der Waals surface area contributed by atoms with E-state index >= 15 is 0 Å². The number of carbonyl (C=O) groups is 1. The van der Waals surface area contributed by atoms with Crippen molar-refractivity contribution in [1.29, 1.82) is 0 Å². The molecule has 1 aromatic carbocycles. The van der Waals surface area contributed by atoms with Gasteiger partial charge in [-0.2, -0.15) is 0 Å². The first-order valence-electron chi connectivity index (χ1n) is 8.48. The zero-order valence-corrected chi connectivity index (χ0v) is 13.8. The predicted octanol–water partition coefficient (Wildman–Crippen LogP) is 4.06. The van der Waals surface area contributed by atoms with Gasteiger partial charge in [-0.15, -0.1) is 0 Å². The van der Waals surface area contributed by atoms with Gasteiger partial charge in [0.25, 0.3) is 5.91 Å². The molecule has 4 rings (SSSR count). The van der Waals surface area contributed by atoms with Crippen molar-refractivity contribution in [3.05, 3.63) is 59.6 Å². The Balaban J connectivity index is 1.51. The SMILES string of the molecule is Cc1ccoc1C(=O)N1CCCC2(C=Cc3ccccc3O2)CC1. The Kier molecular flexibility index (Phi) is 3.68. The Morgan fingerprint density at radius 1 is 1.17 bits per heavy atom. The van der Waals surface area contributed by atoms with Gasteiger partial charge in [-0.1, -0.05) is 24.3 Å². The van der Waals surface area contributed by atoms with Crippen LogP contribution in [-0.2, 0) is 0 Å². The lowest BCUT2D eigenvalue weighted by atomic mass is 9.91. The van der Waals surface area contributed by atoms with Gasteiger partial charge in [0.2, 0.25) is 0 Å². The molecule has 4 nitrogen and oxygen atoms in total. The molecular formula is C20H21NO3. The van der Waals surface area contributed by atoms with Crippen molar-refractivity contribution in [2.75, 3.05) is 13.1 Å². The molecular weight excluding hydrogens is 302 g/mol. The Bertz CT molecular complexity index is 792. The molecule has 1 spiro atoms. The summed E-state index contributed by atoms with van der Waals surface area (Å²) in [5, 5.41) is 0. The fourth-order valence-corrected chi connectivity index (χ4v) is 3.54. The molecule has 1 unspecified atom stereocenters. The third-order valence-corrected chi connectivity index (χ3v) is 4.98. The van der Waals surface area contributed by atoms with Crippen LogP contribution < -0.4 is 4.74 Å². The van der Waals surface area contributed by atoms with Crippen molar-refractivity contribution in [3.8, 4) is 5.75 Å². The smallest absolute Gasteiger partial charge is 0.289 e. The molecule has 1 aromatic heterocycles. The molecule has 1 atom stereocenters. The maximum absolute atomic E-state index is 12.7. The molecule has 1 amide bonds. The van der Waals surface area contributed by atoms with E-state index in [-0.39, 0.29) is 11.5 Å². The summed E-state index contributed by atoms with van der Waals surface area (Å²) < 4.78 is 11.7. The highest BCUT2D eigenvalue weighted by atomic mass is 16.5. The van der Waals surface area contributed by atoms with Crippen LogP contribution in [0.25, 0.3) is 6.08 Å². The Hall–Kier alpha value is -2.49. The highest BCUT2D eigenvalue weighted by Gasteiger charge is 2.36. The summed E-state index contributed by atoms with van der Waals surface area (Å²) in [4.78, 5) is 14.6. The van der Waals surface area contributed by atoms with Crippen molar-refractivity contribution in [1.82, 2.24) is 4.90 Å². The van der Waals surface area contributed by atoms with Gasteiger partial charge in [0.05, 0.1) is 6.26 Å². The topological polar surface area (TPSA) is 42.7 Å². The molecule has 2 aromatic rings. The van der Waals surface area contributed by atoms with Gasteiger partial charge in [-0.05, 0) is 38.0 Å². The summed E-state index contributed by atoms with van der Waals surface area (Å²) in [7, 11) is 0. The van der Waals surface area contributed by atoms with E-state index < -0.39 is 0 Å². The minimum Gasteiger partial charge on any atom is -0.483 e. The van der Waals surface area contributed by atoms with Crippen LogP contribution in [0.3, 0.4) is 0 Å². The van der Waals surface area contributed by atoms with Gasteiger partial charge >= 0.3 is 0 Å². The van der Waals surface area contributed by atoms with Gasteiger partial charge in [-0.3, -0.25) is 4.79 Å². The number of amides is 1. The van der Waals surface area contributed by atoms with Crippen molar-refractivity contribution < 1.29 is 13.9 Å². The van der Waals surface area contributed by atoms with E-state index in [4.69, 9.17) is 9.15 Å². The number of furan rings is 1. The highest BCUT2D eigenvalue weighted by Crippen LogP contribution is 2.37. The number of carbonyl (C=O) groups excluding carboxylic acids is 1. The van der Waals surface area contributed by atoms with Crippen LogP contribution in [0.2, 0.25) is 0 Å². The van der Waals surface area contributed by atoms with Crippen LogP contribution in [-0.4, -0.2) is 29.5 Å². The van der Waals surface area contributed by atoms with Crippen LogP contribution in [0.4, 0.5) is 0 Å². The quantitative estimate of drug-likeness (QED) is 0.795. The minimum absolute atomic E-state index is 0.0188. The number of benzene rings is 1. The first-order valence-corrected chi connectivity index (χ1v) is 8.48. The first-order chi connectivity index (χ1) is 11.7. The summed E-state index contributed by atoms with van der Waals surface area (Å²) in [5.74, 6) is 1.37. The summed E-state index contributed by atoms with van der Waals surface area (Å²) in [6.07, 6.45) is 8.51. The lowest BCUT2D eigenvalue weighted by Gasteiger charge is -2.34. The fraction of sp³-hybridized carbons (Fsp3) is 0.350. The molecule has 0 radical (unpaired) electrons. The Morgan fingerprint density at radius 2 is 2.04 bits per heavy atom. The van der Waals surface area contributed by atoms with Crippen LogP contribution in [0.15, 0.2) is 47.1 Å². The zero-order valence-electron chi connectivity index (χ0n) is 13.8.